The summed E-state index contributed by atoms with van der Waals surface area (Å²) in [7, 11) is 0. The first-order valence-electron chi connectivity index (χ1n) is 6.63. The Kier molecular flexibility index (Phi) is 3.66. The molecular weight excluding hydrogens is 288 g/mol. The van der Waals surface area contributed by atoms with Gasteiger partial charge in [-0.15, -0.1) is 11.3 Å². The van der Waals surface area contributed by atoms with Gasteiger partial charge < -0.3 is 10.6 Å². The van der Waals surface area contributed by atoms with Gasteiger partial charge in [0.25, 0.3) is 11.8 Å². The molecule has 0 bridgehead atoms. The van der Waals surface area contributed by atoms with Crippen LogP contribution in [0.4, 0.5) is 0 Å². The predicted molar refractivity (Wildman–Crippen MR) is 77.9 cm³/mol. The summed E-state index contributed by atoms with van der Waals surface area (Å²) in [5.74, 6) is -0.514. The average Bonchev–Trinajstić information content (AvgIpc) is 3.16. The summed E-state index contributed by atoms with van der Waals surface area (Å²) < 4.78 is 0. The highest BCUT2D eigenvalue weighted by atomic mass is 32.1. The van der Waals surface area contributed by atoms with Crippen LogP contribution < -0.4 is 5.73 Å². The number of carbonyl (C=O) groups excluding carboxylic acids is 2. The molecule has 2 aromatic heterocycles. The summed E-state index contributed by atoms with van der Waals surface area (Å²) in [4.78, 5) is 34.1. The van der Waals surface area contributed by atoms with Crippen LogP contribution >= 0.6 is 11.3 Å². The molecule has 2 N–H and O–H groups in total. The minimum atomic E-state index is -0.483. The lowest BCUT2D eigenvalue weighted by molar-refractivity contribution is 0.0735. The molecule has 1 atom stereocenters. The third-order valence-corrected chi connectivity index (χ3v) is 4.61. The number of carbonyl (C=O) groups is 2. The first-order chi connectivity index (χ1) is 10.2. The third-order valence-electron chi connectivity index (χ3n) is 3.49. The molecule has 1 aliphatic heterocycles. The fourth-order valence-electron chi connectivity index (χ4n) is 2.48. The van der Waals surface area contributed by atoms with Crippen molar-refractivity contribution in [2.75, 3.05) is 6.54 Å². The highest BCUT2D eigenvalue weighted by molar-refractivity contribution is 7.13. The van der Waals surface area contributed by atoms with E-state index < -0.39 is 5.91 Å². The number of hydrogen-bond donors (Lipinski definition) is 1. The fourth-order valence-corrected chi connectivity index (χ4v) is 3.40. The molecule has 3 rings (SSSR count). The Morgan fingerprint density at radius 3 is 2.76 bits per heavy atom. The van der Waals surface area contributed by atoms with Crippen LogP contribution in [-0.2, 0) is 0 Å². The number of aromatic nitrogens is 2. The Balaban J connectivity index is 1.85. The molecule has 0 aromatic carbocycles. The molecule has 1 saturated heterocycles. The van der Waals surface area contributed by atoms with Gasteiger partial charge in [-0.25, -0.2) is 4.98 Å². The standard InChI is InChI=1S/C14H14N4O2S/c15-12(19)11-8-17-13(21-11)10-2-1-7-18(10)14(20)9-3-5-16-6-4-9/h3-6,8,10H,1-2,7H2,(H2,15,19)/t10-/m1/s1. The van der Waals surface area contributed by atoms with Crippen molar-refractivity contribution in [3.8, 4) is 0 Å². The number of nitrogens with zero attached hydrogens (tertiary/aromatic N) is 3. The molecule has 0 radical (unpaired) electrons. The van der Waals surface area contributed by atoms with Crippen LogP contribution in [0.25, 0.3) is 0 Å². The van der Waals surface area contributed by atoms with E-state index in [2.05, 4.69) is 9.97 Å². The van der Waals surface area contributed by atoms with Crippen molar-refractivity contribution >= 4 is 23.2 Å². The van der Waals surface area contributed by atoms with Crippen LogP contribution in [0.3, 0.4) is 0 Å². The van der Waals surface area contributed by atoms with Crippen molar-refractivity contribution in [3.63, 3.8) is 0 Å². The SMILES string of the molecule is NC(=O)c1cnc([C@H]2CCCN2C(=O)c2ccncc2)s1. The molecular formula is C14H14N4O2S. The molecule has 0 spiro atoms. The maximum absolute atomic E-state index is 12.6. The van der Waals surface area contributed by atoms with Gasteiger partial charge in [0.15, 0.2) is 0 Å². The van der Waals surface area contributed by atoms with Gasteiger partial charge in [0.2, 0.25) is 0 Å². The van der Waals surface area contributed by atoms with Crippen LogP contribution in [0.15, 0.2) is 30.7 Å². The minimum absolute atomic E-state index is 0.0317. The zero-order valence-corrected chi connectivity index (χ0v) is 12.0. The van der Waals surface area contributed by atoms with Gasteiger partial charge >= 0.3 is 0 Å². The van der Waals surface area contributed by atoms with Gasteiger partial charge in [-0.1, -0.05) is 0 Å². The topological polar surface area (TPSA) is 89.2 Å². The second kappa shape index (κ2) is 5.61. The van der Waals surface area contributed by atoms with Crippen molar-refractivity contribution in [1.29, 1.82) is 0 Å². The smallest absolute Gasteiger partial charge is 0.260 e. The third kappa shape index (κ3) is 2.64. The number of amides is 2. The normalized spacial score (nSPS) is 17.9. The fraction of sp³-hybridized carbons (Fsp3) is 0.286. The summed E-state index contributed by atoms with van der Waals surface area (Å²) in [6.45, 7) is 0.692. The maximum Gasteiger partial charge on any atom is 0.260 e. The number of thiazole rings is 1. The number of hydrogen-bond acceptors (Lipinski definition) is 5. The summed E-state index contributed by atoms with van der Waals surface area (Å²) in [5, 5.41) is 0.767. The van der Waals surface area contributed by atoms with E-state index in [0.717, 1.165) is 17.8 Å². The predicted octanol–water partition coefficient (Wildman–Crippen LogP) is 1.61. The van der Waals surface area contributed by atoms with E-state index in [4.69, 9.17) is 5.73 Å². The number of likely N-dealkylation sites (tertiary alicyclic amines) is 1. The monoisotopic (exact) mass is 302 g/mol. The molecule has 108 valence electrons. The maximum atomic E-state index is 12.6. The number of primary amides is 1. The molecule has 2 aromatic rings. The number of rotatable bonds is 3. The van der Waals surface area contributed by atoms with Crippen molar-refractivity contribution in [2.45, 2.75) is 18.9 Å². The molecule has 0 aliphatic carbocycles. The van der Waals surface area contributed by atoms with Crippen molar-refractivity contribution in [1.82, 2.24) is 14.9 Å². The summed E-state index contributed by atoms with van der Waals surface area (Å²) in [6.07, 6.45) is 6.46. The second-order valence-corrected chi connectivity index (χ2v) is 5.88. The largest absolute Gasteiger partial charge is 0.365 e. The molecule has 0 saturated carbocycles. The van der Waals surface area contributed by atoms with Crippen LogP contribution in [0.5, 0.6) is 0 Å². The van der Waals surface area contributed by atoms with Crippen molar-refractivity contribution in [2.24, 2.45) is 5.73 Å². The quantitative estimate of drug-likeness (QED) is 0.933. The average molecular weight is 302 g/mol. The lowest BCUT2D eigenvalue weighted by Crippen LogP contribution is -2.30. The Morgan fingerprint density at radius 2 is 2.10 bits per heavy atom. The van der Waals surface area contributed by atoms with Crippen LogP contribution in [0.1, 0.15) is 43.9 Å². The Bertz CT molecular complexity index is 671. The highest BCUT2D eigenvalue weighted by Gasteiger charge is 2.32. The Morgan fingerprint density at radius 1 is 1.33 bits per heavy atom. The molecule has 21 heavy (non-hydrogen) atoms. The molecule has 1 fully saturated rings. The summed E-state index contributed by atoms with van der Waals surface area (Å²) >= 11 is 1.26. The van der Waals surface area contributed by atoms with E-state index in [-0.39, 0.29) is 11.9 Å². The second-order valence-electron chi connectivity index (χ2n) is 4.82. The van der Waals surface area contributed by atoms with Gasteiger partial charge in [0.1, 0.15) is 9.88 Å². The molecule has 1 aliphatic rings. The summed E-state index contributed by atoms with van der Waals surface area (Å²) in [5.41, 5.74) is 5.87. The van der Waals surface area contributed by atoms with E-state index in [1.165, 1.54) is 17.5 Å². The Hall–Kier alpha value is -2.28. The van der Waals surface area contributed by atoms with Crippen molar-refractivity contribution < 1.29 is 9.59 Å². The van der Waals surface area contributed by atoms with E-state index in [9.17, 15) is 9.59 Å². The van der Waals surface area contributed by atoms with Gasteiger partial charge in [-0.3, -0.25) is 14.6 Å². The van der Waals surface area contributed by atoms with Crippen LogP contribution in [0, 0.1) is 0 Å². The molecule has 0 unspecified atom stereocenters. The first-order valence-corrected chi connectivity index (χ1v) is 7.45. The molecule has 7 heteroatoms. The summed E-state index contributed by atoms with van der Waals surface area (Å²) in [6, 6.07) is 3.33. The van der Waals surface area contributed by atoms with Gasteiger partial charge in [-0.05, 0) is 25.0 Å². The highest BCUT2D eigenvalue weighted by Crippen LogP contribution is 2.35. The van der Waals surface area contributed by atoms with Crippen LogP contribution in [-0.4, -0.2) is 33.2 Å². The van der Waals surface area contributed by atoms with E-state index in [0.29, 0.717) is 17.0 Å². The van der Waals surface area contributed by atoms with Gasteiger partial charge in [0, 0.05) is 24.5 Å². The van der Waals surface area contributed by atoms with Gasteiger partial charge in [0.05, 0.1) is 12.2 Å². The minimum Gasteiger partial charge on any atom is -0.365 e. The van der Waals surface area contributed by atoms with Crippen LogP contribution in [0.2, 0.25) is 0 Å². The molecule has 2 amide bonds. The molecule has 3 heterocycles. The van der Waals surface area contributed by atoms with Gasteiger partial charge in [-0.2, -0.15) is 0 Å². The van der Waals surface area contributed by atoms with Crippen molar-refractivity contribution in [3.05, 3.63) is 46.2 Å². The molecule has 6 nitrogen and oxygen atoms in total. The zero-order chi connectivity index (χ0) is 14.8. The van der Waals surface area contributed by atoms with E-state index in [1.54, 1.807) is 29.4 Å². The zero-order valence-electron chi connectivity index (χ0n) is 11.2. The lowest BCUT2D eigenvalue weighted by Gasteiger charge is -2.23. The van der Waals surface area contributed by atoms with E-state index in [1.807, 2.05) is 0 Å². The number of pyridine rings is 1. The van der Waals surface area contributed by atoms with E-state index >= 15 is 0 Å². The lowest BCUT2D eigenvalue weighted by atomic mass is 10.2. The first kappa shape index (κ1) is 13.7. The number of nitrogens with two attached hydrogens (primary N) is 1. The Labute approximate surface area is 125 Å².